The van der Waals surface area contributed by atoms with Crippen LogP contribution in [0.4, 0.5) is 5.69 Å². The zero-order chi connectivity index (χ0) is 18.6. The first-order valence-corrected chi connectivity index (χ1v) is 9.93. The lowest BCUT2D eigenvalue weighted by molar-refractivity contribution is -0.667. The summed E-state index contributed by atoms with van der Waals surface area (Å²) in [6.45, 7) is 6.38. The largest absolute Gasteiger partial charge is 0.348 e. The molecule has 27 heavy (non-hydrogen) atoms. The van der Waals surface area contributed by atoms with Gasteiger partial charge in [0.2, 0.25) is 5.52 Å². The molecule has 0 radical (unpaired) electrons. The summed E-state index contributed by atoms with van der Waals surface area (Å²) in [5.74, 6) is 0.441. The van der Waals surface area contributed by atoms with Crippen molar-refractivity contribution in [3.8, 4) is 0 Å². The van der Waals surface area contributed by atoms with E-state index in [0.717, 1.165) is 19.5 Å². The highest BCUT2D eigenvalue weighted by molar-refractivity contribution is 5.85. The van der Waals surface area contributed by atoms with Gasteiger partial charge in [0, 0.05) is 36.5 Å². The Morgan fingerprint density at radius 3 is 2.67 bits per heavy atom. The molecule has 1 aromatic heterocycles. The molecule has 2 heterocycles. The van der Waals surface area contributed by atoms with Crippen LogP contribution in [0.5, 0.6) is 0 Å². The van der Waals surface area contributed by atoms with Crippen molar-refractivity contribution in [2.45, 2.75) is 32.7 Å². The average Bonchev–Trinajstić information content (AvgIpc) is 2.74. The van der Waals surface area contributed by atoms with E-state index in [1.165, 1.54) is 27.7 Å². The predicted molar refractivity (Wildman–Crippen MR) is 115 cm³/mol. The van der Waals surface area contributed by atoms with Crippen molar-refractivity contribution >= 4 is 22.7 Å². The molecule has 0 spiro atoms. The molecule has 0 aliphatic carbocycles. The summed E-state index contributed by atoms with van der Waals surface area (Å²) in [6, 6.07) is 19.7. The highest BCUT2D eigenvalue weighted by Gasteiger charge is 2.18. The molecule has 1 aliphatic rings. The van der Waals surface area contributed by atoms with Gasteiger partial charge in [0.05, 0.1) is 5.39 Å². The molecule has 1 aliphatic heterocycles. The average molecular weight is 356 g/mol. The first kappa shape index (κ1) is 17.5. The van der Waals surface area contributed by atoms with Gasteiger partial charge in [-0.2, -0.15) is 4.57 Å². The number of rotatable bonds is 5. The van der Waals surface area contributed by atoms with Gasteiger partial charge in [0.25, 0.3) is 0 Å². The Balaban J connectivity index is 1.60. The van der Waals surface area contributed by atoms with Crippen LogP contribution in [0.2, 0.25) is 0 Å². The van der Waals surface area contributed by atoms with E-state index in [1.54, 1.807) is 0 Å². The standard InChI is InChI=1S/C25H27N2/c1-3-26-18-16-20(22-12-5-7-14-24(22)26)10-9-11-21-17-19-27(4-2)25-15-8-6-13-23(21)25/h5-10,12-19,21H,3-4,11H2,1-2H3/q+1. The maximum Gasteiger partial charge on any atom is 0.213 e. The van der Waals surface area contributed by atoms with Crippen LogP contribution in [-0.4, -0.2) is 6.54 Å². The van der Waals surface area contributed by atoms with Gasteiger partial charge in [-0.05, 0) is 43.5 Å². The van der Waals surface area contributed by atoms with Crippen LogP contribution >= 0.6 is 0 Å². The molecule has 0 amide bonds. The van der Waals surface area contributed by atoms with Crippen molar-refractivity contribution < 1.29 is 4.57 Å². The second-order valence-corrected chi connectivity index (χ2v) is 7.01. The van der Waals surface area contributed by atoms with Crippen LogP contribution in [0.15, 0.2) is 79.1 Å². The molecule has 3 aromatic rings. The molecule has 136 valence electrons. The number of aromatic nitrogens is 1. The van der Waals surface area contributed by atoms with Crippen LogP contribution in [0.1, 0.15) is 37.3 Å². The molecule has 2 aromatic carbocycles. The Morgan fingerprint density at radius 2 is 1.81 bits per heavy atom. The number of hydrogen-bond donors (Lipinski definition) is 0. The van der Waals surface area contributed by atoms with Crippen molar-refractivity contribution in [3.05, 3.63) is 90.3 Å². The van der Waals surface area contributed by atoms with E-state index >= 15 is 0 Å². The lowest BCUT2D eigenvalue weighted by Gasteiger charge is -2.29. The monoisotopic (exact) mass is 355 g/mol. The summed E-state index contributed by atoms with van der Waals surface area (Å²) in [5, 5.41) is 1.31. The summed E-state index contributed by atoms with van der Waals surface area (Å²) < 4.78 is 2.30. The van der Waals surface area contributed by atoms with Crippen LogP contribution in [0, 0.1) is 0 Å². The first-order valence-electron chi connectivity index (χ1n) is 9.93. The fraction of sp³-hybridized carbons (Fsp3) is 0.240. The third kappa shape index (κ3) is 3.40. The van der Waals surface area contributed by atoms with Crippen molar-refractivity contribution in [2.24, 2.45) is 0 Å². The Morgan fingerprint density at radius 1 is 1.00 bits per heavy atom. The third-order valence-electron chi connectivity index (χ3n) is 5.47. The molecule has 4 rings (SSSR count). The number of allylic oxidation sites excluding steroid dienone is 2. The van der Waals surface area contributed by atoms with E-state index in [1.807, 2.05) is 0 Å². The molecule has 0 N–H and O–H groups in total. The maximum atomic E-state index is 2.34. The second kappa shape index (κ2) is 7.79. The highest BCUT2D eigenvalue weighted by atomic mass is 15.1. The summed E-state index contributed by atoms with van der Waals surface area (Å²) in [6.07, 6.45) is 12.4. The molecule has 0 fully saturated rings. The molecular formula is C25H27N2+. The van der Waals surface area contributed by atoms with E-state index in [9.17, 15) is 0 Å². The normalized spacial score (nSPS) is 16.2. The summed E-state index contributed by atoms with van der Waals surface area (Å²) in [7, 11) is 0. The van der Waals surface area contributed by atoms with Crippen LogP contribution in [-0.2, 0) is 6.54 Å². The highest BCUT2D eigenvalue weighted by Crippen LogP contribution is 2.35. The lowest BCUT2D eigenvalue weighted by atomic mass is 9.91. The Kier molecular flexibility index (Phi) is 5.06. The Hall–Kier alpha value is -2.87. The van der Waals surface area contributed by atoms with E-state index in [4.69, 9.17) is 0 Å². The third-order valence-corrected chi connectivity index (χ3v) is 5.47. The zero-order valence-corrected chi connectivity index (χ0v) is 16.2. The summed E-state index contributed by atoms with van der Waals surface area (Å²) >= 11 is 0. The van der Waals surface area contributed by atoms with Gasteiger partial charge in [-0.1, -0.05) is 48.6 Å². The van der Waals surface area contributed by atoms with Gasteiger partial charge in [-0.15, -0.1) is 0 Å². The SMILES string of the molecule is CCN1C=CC(CC=Cc2cc[n+](CC)c3ccccc23)c2ccccc21. The number of anilines is 1. The van der Waals surface area contributed by atoms with Crippen molar-refractivity contribution in [1.82, 2.24) is 0 Å². The fourth-order valence-electron chi connectivity index (χ4n) is 4.01. The number of hydrogen-bond acceptors (Lipinski definition) is 1. The van der Waals surface area contributed by atoms with E-state index in [-0.39, 0.29) is 0 Å². The maximum absolute atomic E-state index is 2.34. The minimum atomic E-state index is 0.441. The fourth-order valence-corrected chi connectivity index (χ4v) is 4.01. The molecule has 2 heteroatoms. The molecule has 1 atom stereocenters. The molecular weight excluding hydrogens is 328 g/mol. The minimum absolute atomic E-state index is 0.441. The zero-order valence-electron chi connectivity index (χ0n) is 16.2. The minimum Gasteiger partial charge on any atom is -0.348 e. The predicted octanol–water partition coefficient (Wildman–Crippen LogP) is 5.69. The van der Waals surface area contributed by atoms with E-state index in [0.29, 0.717) is 5.92 Å². The smallest absolute Gasteiger partial charge is 0.213 e. The van der Waals surface area contributed by atoms with Crippen molar-refractivity contribution in [1.29, 1.82) is 0 Å². The van der Waals surface area contributed by atoms with Gasteiger partial charge in [0.15, 0.2) is 6.20 Å². The van der Waals surface area contributed by atoms with Crippen molar-refractivity contribution in [3.63, 3.8) is 0 Å². The Bertz CT molecular complexity index is 1000. The van der Waals surface area contributed by atoms with Crippen molar-refractivity contribution in [2.75, 3.05) is 11.4 Å². The summed E-state index contributed by atoms with van der Waals surface area (Å²) in [4.78, 5) is 2.32. The number of para-hydroxylation sites is 2. The van der Waals surface area contributed by atoms with Crippen LogP contribution < -0.4 is 9.47 Å². The van der Waals surface area contributed by atoms with Crippen LogP contribution in [0.3, 0.4) is 0 Å². The van der Waals surface area contributed by atoms with Gasteiger partial charge >= 0.3 is 0 Å². The Labute approximate surface area is 162 Å². The molecule has 1 unspecified atom stereocenters. The quantitative estimate of drug-likeness (QED) is 0.533. The van der Waals surface area contributed by atoms with E-state index < -0.39 is 0 Å². The topological polar surface area (TPSA) is 7.12 Å². The van der Waals surface area contributed by atoms with Gasteiger partial charge in [-0.3, -0.25) is 0 Å². The number of pyridine rings is 1. The van der Waals surface area contributed by atoms with Crippen LogP contribution in [0.25, 0.3) is 17.0 Å². The number of fused-ring (bicyclic) bond motifs is 2. The second-order valence-electron chi connectivity index (χ2n) is 7.01. The molecule has 0 saturated heterocycles. The number of nitrogens with zero attached hydrogens (tertiary/aromatic N) is 2. The molecule has 0 bridgehead atoms. The van der Waals surface area contributed by atoms with Gasteiger partial charge < -0.3 is 4.90 Å². The lowest BCUT2D eigenvalue weighted by Crippen LogP contribution is -2.32. The molecule has 0 saturated carbocycles. The number of benzene rings is 2. The van der Waals surface area contributed by atoms with Gasteiger partial charge in [0.1, 0.15) is 6.54 Å². The van der Waals surface area contributed by atoms with E-state index in [2.05, 4.69) is 109 Å². The molecule has 2 nitrogen and oxygen atoms in total. The summed E-state index contributed by atoms with van der Waals surface area (Å²) in [5.41, 5.74) is 5.35. The van der Waals surface area contributed by atoms with Gasteiger partial charge in [-0.25, -0.2) is 0 Å². The number of aryl methyl sites for hydroxylation is 1. The first-order chi connectivity index (χ1) is 13.3.